The van der Waals surface area contributed by atoms with Gasteiger partial charge < -0.3 is 10.4 Å². The molecule has 0 aliphatic heterocycles. The summed E-state index contributed by atoms with van der Waals surface area (Å²) >= 11 is 3.28. The highest BCUT2D eigenvalue weighted by Gasteiger charge is 2.24. The second-order valence-electron chi connectivity index (χ2n) is 6.14. The van der Waals surface area contributed by atoms with E-state index in [1.165, 1.54) is 36.5 Å². The van der Waals surface area contributed by atoms with Gasteiger partial charge in [-0.2, -0.15) is 5.10 Å². The van der Waals surface area contributed by atoms with Crippen molar-refractivity contribution in [3.05, 3.63) is 63.9 Å². The van der Waals surface area contributed by atoms with Gasteiger partial charge in [-0.05, 0) is 48.4 Å². The second-order valence-corrected chi connectivity index (χ2v) is 7.06. The fourth-order valence-corrected chi connectivity index (χ4v) is 2.60. The molecule has 0 saturated carbocycles. The average Bonchev–Trinajstić information content (AvgIpc) is 2.62. The van der Waals surface area contributed by atoms with Crippen LogP contribution in [0.4, 0.5) is 4.39 Å². The number of nitrogens with zero attached hydrogens (tertiary/aromatic N) is 1. The van der Waals surface area contributed by atoms with Crippen molar-refractivity contribution in [2.24, 2.45) is 11.0 Å². The third-order valence-electron chi connectivity index (χ3n) is 3.71. The van der Waals surface area contributed by atoms with Crippen molar-refractivity contribution >= 4 is 34.0 Å². The molecule has 27 heavy (non-hydrogen) atoms. The molecule has 1 unspecified atom stereocenters. The maximum absolute atomic E-state index is 13.0. The second kappa shape index (κ2) is 9.27. The summed E-state index contributed by atoms with van der Waals surface area (Å²) in [6.45, 7) is 3.55. The van der Waals surface area contributed by atoms with Crippen molar-refractivity contribution < 1.29 is 19.1 Å². The lowest BCUT2D eigenvalue weighted by Crippen LogP contribution is -2.48. The molecule has 0 aliphatic carbocycles. The summed E-state index contributed by atoms with van der Waals surface area (Å²) < 4.78 is 13.7. The van der Waals surface area contributed by atoms with E-state index in [9.17, 15) is 19.1 Å². The Morgan fingerprint density at radius 2 is 1.85 bits per heavy atom. The van der Waals surface area contributed by atoms with Crippen molar-refractivity contribution in [3.63, 3.8) is 0 Å². The Labute approximate surface area is 164 Å². The lowest BCUT2D eigenvalue weighted by molar-refractivity contribution is -0.123. The van der Waals surface area contributed by atoms with Crippen molar-refractivity contribution in [1.29, 1.82) is 0 Å². The minimum Gasteiger partial charge on any atom is -0.507 e. The summed E-state index contributed by atoms with van der Waals surface area (Å²) in [7, 11) is 0. The third-order valence-corrected chi connectivity index (χ3v) is 4.20. The number of rotatable bonds is 6. The summed E-state index contributed by atoms with van der Waals surface area (Å²) in [6.07, 6.45) is 1.30. The van der Waals surface area contributed by atoms with Gasteiger partial charge in [-0.15, -0.1) is 0 Å². The van der Waals surface area contributed by atoms with Gasteiger partial charge in [0, 0.05) is 15.6 Å². The molecule has 0 aromatic heterocycles. The van der Waals surface area contributed by atoms with Gasteiger partial charge >= 0.3 is 0 Å². The molecule has 0 heterocycles. The molecule has 0 saturated heterocycles. The quantitative estimate of drug-likeness (QED) is 0.480. The van der Waals surface area contributed by atoms with Crippen LogP contribution < -0.4 is 10.7 Å². The number of carbonyl (C=O) groups is 2. The van der Waals surface area contributed by atoms with Crippen molar-refractivity contribution in [1.82, 2.24) is 10.7 Å². The molecule has 0 bridgehead atoms. The van der Waals surface area contributed by atoms with Crippen LogP contribution in [-0.4, -0.2) is 29.2 Å². The first kappa shape index (κ1) is 20.6. The first-order chi connectivity index (χ1) is 12.8. The summed E-state index contributed by atoms with van der Waals surface area (Å²) in [6, 6.07) is 9.00. The lowest BCUT2D eigenvalue weighted by Gasteiger charge is -2.20. The Morgan fingerprint density at radius 3 is 2.48 bits per heavy atom. The zero-order chi connectivity index (χ0) is 20.0. The van der Waals surface area contributed by atoms with Crippen molar-refractivity contribution in [3.8, 4) is 5.75 Å². The predicted octanol–water partition coefficient (Wildman–Crippen LogP) is 3.20. The predicted molar refractivity (Wildman–Crippen MR) is 104 cm³/mol. The van der Waals surface area contributed by atoms with Crippen LogP contribution in [0.25, 0.3) is 0 Å². The summed E-state index contributed by atoms with van der Waals surface area (Å²) in [5.41, 5.74) is 3.02. The number of aromatic hydroxyl groups is 1. The number of nitrogens with one attached hydrogen (secondary N) is 2. The van der Waals surface area contributed by atoms with Gasteiger partial charge in [0.25, 0.3) is 11.8 Å². The van der Waals surface area contributed by atoms with Gasteiger partial charge in [0.15, 0.2) is 0 Å². The Hall–Kier alpha value is -2.74. The Bertz CT molecular complexity index is 854. The zero-order valence-corrected chi connectivity index (χ0v) is 16.3. The molecule has 6 nitrogen and oxygen atoms in total. The van der Waals surface area contributed by atoms with Crippen LogP contribution >= 0.6 is 15.9 Å². The number of hydrazone groups is 1. The van der Waals surface area contributed by atoms with Crippen LogP contribution in [-0.2, 0) is 4.79 Å². The van der Waals surface area contributed by atoms with Crippen LogP contribution in [0.15, 0.2) is 52.0 Å². The average molecular weight is 436 g/mol. The van der Waals surface area contributed by atoms with Gasteiger partial charge in [0.05, 0.1) is 6.21 Å². The van der Waals surface area contributed by atoms with Crippen LogP contribution in [0.2, 0.25) is 0 Å². The minimum absolute atomic E-state index is 0.0150. The first-order valence-electron chi connectivity index (χ1n) is 8.16. The molecule has 1 atom stereocenters. The number of carbonyl (C=O) groups excluding carboxylic acids is 2. The molecule has 8 heteroatoms. The van der Waals surface area contributed by atoms with E-state index in [2.05, 4.69) is 31.8 Å². The first-order valence-corrected chi connectivity index (χ1v) is 8.95. The molecular formula is C19H19BrFN3O3. The lowest BCUT2D eigenvalue weighted by atomic mass is 10.0. The summed E-state index contributed by atoms with van der Waals surface area (Å²) in [4.78, 5) is 24.6. The van der Waals surface area contributed by atoms with Gasteiger partial charge in [-0.1, -0.05) is 29.8 Å². The molecule has 142 valence electrons. The normalized spacial score (nSPS) is 12.2. The summed E-state index contributed by atoms with van der Waals surface area (Å²) in [5, 5.41) is 16.2. The van der Waals surface area contributed by atoms with Gasteiger partial charge in [0.2, 0.25) is 0 Å². The maximum Gasteiger partial charge on any atom is 0.262 e. The molecule has 0 spiro atoms. The van der Waals surface area contributed by atoms with Crippen LogP contribution in [0, 0.1) is 11.7 Å². The van der Waals surface area contributed by atoms with Gasteiger partial charge in [-0.3, -0.25) is 9.59 Å². The number of hydrogen-bond acceptors (Lipinski definition) is 4. The van der Waals surface area contributed by atoms with Crippen molar-refractivity contribution in [2.75, 3.05) is 0 Å². The van der Waals surface area contributed by atoms with E-state index in [0.29, 0.717) is 5.56 Å². The number of hydrogen-bond donors (Lipinski definition) is 3. The molecule has 0 aliphatic rings. The largest absolute Gasteiger partial charge is 0.507 e. The molecule has 2 aromatic rings. The van der Waals surface area contributed by atoms with Crippen LogP contribution in [0.1, 0.15) is 29.8 Å². The van der Waals surface area contributed by atoms with E-state index in [0.717, 1.165) is 4.47 Å². The molecule has 2 aromatic carbocycles. The molecule has 2 rings (SSSR count). The van der Waals surface area contributed by atoms with Crippen LogP contribution in [0.3, 0.4) is 0 Å². The topological polar surface area (TPSA) is 90.8 Å². The standard InChI is InChI=1S/C19H19BrFN3O3/c1-11(2)17(23-18(26)12-3-6-15(21)7-4-12)19(27)24-22-10-13-9-14(20)5-8-16(13)25/h3-11,17,25H,1-2H3,(H,23,26)(H,24,27). The molecule has 3 N–H and O–H groups in total. The Kier molecular flexibility index (Phi) is 7.06. The van der Waals surface area contributed by atoms with E-state index in [1.807, 2.05) is 0 Å². The number of halogens is 2. The van der Waals surface area contributed by atoms with Gasteiger partial charge in [-0.25, -0.2) is 9.82 Å². The van der Waals surface area contributed by atoms with Crippen LogP contribution in [0.5, 0.6) is 5.75 Å². The van der Waals surface area contributed by atoms with Gasteiger partial charge in [0.1, 0.15) is 17.6 Å². The SMILES string of the molecule is CC(C)C(NC(=O)c1ccc(F)cc1)C(=O)NN=Cc1cc(Br)ccc1O. The minimum atomic E-state index is -0.837. The van der Waals surface area contributed by atoms with E-state index in [4.69, 9.17) is 0 Å². The van der Waals surface area contributed by atoms with E-state index < -0.39 is 23.7 Å². The highest BCUT2D eigenvalue weighted by molar-refractivity contribution is 9.10. The molecule has 0 fully saturated rings. The molecular weight excluding hydrogens is 417 g/mol. The summed E-state index contributed by atoms with van der Waals surface area (Å²) in [5.74, 6) is -1.64. The highest BCUT2D eigenvalue weighted by Crippen LogP contribution is 2.19. The van der Waals surface area contributed by atoms with E-state index >= 15 is 0 Å². The Balaban J connectivity index is 2.04. The zero-order valence-electron chi connectivity index (χ0n) is 14.7. The van der Waals surface area contributed by atoms with E-state index in [1.54, 1.807) is 26.0 Å². The van der Waals surface area contributed by atoms with Crippen molar-refractivity contribution in [2.45, 2.75) is 19.9 Å². The highest BCUT2D eigenvalue weighted by atomic mass is 79.9. The number of phenolic OH excluding ortho intramolecular Hbond substituents is 1. The fraction of sp³-hybridized carbons (Fsp3) is 0.211. The monoisotopic (exact) mass is 435 g/mol. The molecule has 0 radical (unpaired) electrons. The maximum atomic E-state index is 13.0. The molecule has 2 amide bonds. The third kappa shape index (κ3) is 5.89. The number of phenols is 1. The Morgan fingerprint density at radius 1 is 1.19 bits per heavy atom. The smallest absolute Gasteiger partial charge is 0.262 e. The number of amides is 2. The van der Waals surface area contributed by atoms with E-state index in [-0.39, 0.29) is 17.2 Å². The fourth-order valence-electron chi connectivity index (χ4n) is 2.22. The number of benzene rings is 2.